The van der Waals surface area contributed by atoms with E-state index in [0.717, 1.165) is 17.5 Å². The number of amides is 2. The summed E-state index contributed by atoms with van der Waals surface area (Å²) in [5.74, 6) is 0.575. The van der Waals surface area contributed by atoms with Crippen LogP contribution in [-0.2, 0) is 6.42 Å². The second kappa shape index (κ2) is 11.6. The summed E-state index contributed by atoms with van der Waals surface area (Å²) in [4.78, 5) is 30.0. The highest BCUT2D eigenvalue weighted by Gasteiger charge is 2.08. The second-order valence-corrected chi connectivity index (χ2v) is 7.20. The zero-order valence-electron chi connectivity index (χ0n) is 18.2. The Labute approximate surface area is 178 Å². The van der Waals surface area contributed by atoms with Crippen LogP contribution >= 0.6 is 0 Å². The molecule has 7 nitrogen and oxygen atoms in total. The molecule has 30 heavy (non-hydrogen) atoms. The molecule has 0 heterocycles. The summed E-state index contributed by atoms with van der Waals surface area (Å²) in [5.41, 5.74) is 3.48. The topological polar surface area (TPSA) is 85.8 Å². The van der Waals surface area contributed by atoms with Crippen molar-refractivity contribution in [3.63, 3.8) is 0 Å². The Bertz CT molecular complexity index is 893. The van der Waals surface area contributed by atoms with Gasteiger partial charge in [-0.3, -0.25) is 14.6 Å². The Morgan fingerprint density at radius 2 is 1.57 bits per heavy atom. The molecular formula is C23H31N5O2. The molecule has 0 saturated carbocycles. The largest absolute Gasteiger partial charge is 0.356 e. The van der Waals surface area contributed by atoms with Gasteiger partial charge in [0, 0.05) is 51.9 Å². The number of aryl methyl sites for hydroxylation is 1. The molecule has 2 aromatic carbocycles. The first kappa shape index (κ1) is 22.9. The van der Waals surface area contributed by atoms with Crippen molar-refractivity contribution in [2.24, 2.45) is 4.99 Å². The lowest BCUT2D eigenvalue weighted by atomic mass is 10.1. The lowest BCUT2D eigenvalue weighted by molar-refractivity contribution is 0.0827. The lowest BCUT2D eigenvalue weighted by Gasteiger charge is -2.13. The van der Waals surface area contributed by atoms with Crippen LogP contribution in [0.25, 0.3) is 0 Å². The number of carbonyl (C=O) groups excluding carboxylic acids is 2. The maximum atomic E-state index is 12.1. The fraction of sp³-hybridized carbons (Fsp3) is 0.348. The van der Waals surface area contributed by atoms with Gasteiger partial charge in [-0.1, -0.05) is 29.8 Å². The molecule has 2 rings (SSSR count). The summed E-state index contributed by atoms with van der Waals surface area (Å²) in [6.45, 7) is 3.69. The van der Waals surface area contributed by atoms with Crippen molar-refractivity contribution in [3.8, 4) is 0 Å². The molecule has 0 aliphatic rings. The summed E-state index contributed by atoms with van der Waals surface area (Å²) in [6, 6.07) is 15.2. The van der Waals surface area contributed by atoms with E-state index in [-0.39, 0.29) is 11.8 Å². The maximum Gasteiger partial charge on any atom is 0.253 e. The van der Waals surface area contributed by atoms with E-state index < -0.39 is 0 Å². The van der Waals surface area contributed by atoms with Gasteiger partial charge in [0.25, 0.3) is 11.8 Å². The van der Waals surface area contributed by atoms with E-state index in [0.29, 0.717) is 36.7 Å². The third-order valence-corrected chi connectivity index (χ3v) is 4.49. The van der Waals surface area contributed by atoms with Crippen LogP contribution in [0.5, 0.6) is 0 Å². The molecule has 0 saturated heterocycles. The normalized spacial score (nSPS) is 11.0. The summed E-state index contributed by atoms with van der Waals surface area (Å²) in [6.07, 6.45) is 0.763. The highest BCUT2D eigenvalue weighted by atomic mass is 16.2. The molecule has 0 bridgehead atoms. The average Bonchev–Trinajstić information content (AvgIpc) is 2.74. The highest BCUT2D eigenvalue weighted by molar-refractivity contribution is 5.94. The minimum absolute atomic E-state index is 0.00463. The number of nitrogens with one attached hydrogen (secondary N) is 3. The number of nitrogens with zero attached hydrogens (tertiary/aromatic N) is 2. The summed E-state index contributed by atoms with van der Waals surface area (Å²) in [5, 5.41) is 9.32. The van der Waals surface area contributed by atoms with Gasteiger partial charge in [0.1, 0.15) is 0 Å². The number of rotatable bonds is 8. The van der Waals surface area contributed by atoms with Crippen molar-refractivity contribution in [1.29, 1.82) is 0 Å². The lowest BCUT2D eigenvalue weighted by Crippen LogP contribution is -2.42. The van der Waals surface area contributed by atoms with Crippen molar-refractivity contribution in [3.05, 3.63) is 70.8 Å². The first-order valence-electron chi connectivity index (χ1n) is 10.0. The Morgan fingerprint density at radius 3 is 2.27 bits per heavy atom. The van der Waals surface area contributed by atoms with Gasteiger partial charge in [0.15, 0.2) is 5.96 Å². The zero-order chi connectivity index (χ0) is 21.9. The first-order valence-corrected chi connectivity index (χ1v) is 10.0. The van der Waals surface area contributed by atoms with Gasteiger partial charge >= 0.3 is 0 Å². The van der Waals surface area contributed by atoms with E-state index in [2.05, 4.69) is 20.9 Å². The standard InChI is InChI=1S/C23H31N5O2/c1-17-7-5-9-19(15-17)21(29)25-13-14-27-23(24-2)26-12-11-18-8-6-10-20(16-18)22(30)28(3)4/h5-10,15-16H,11-14H2,1-4H3,(H,25,29)(H2,24,26,27). The minimum atomic E-state index is -0.0874. The summed E-state index contributed by atoms with van der Waals surface area (Å²) < 4.78 is 0. The predicted molar refractivity (Wildman–Crippen MR) is 121 cm³/mol. The van der Waals surface area contributed by atoms with E-state index in [1.807, 2.05) is 49.4 Å². The van der Waals surface area contributed by atoms with Gasteiger partial charge in [0.2, 0.25) is 0 Å². The second-order valence-electron chi connectivity index (χ2n) is 7.20. The number of guanidine groups is 1. The van der Waals surface area contributed by atoms with Crippen molar-refractivity contribution < 1.29 is 9.59 Å². The molecule has 2 amide bonds. The molecular weight excluding hydrogens is 378 g/mol. The Balaban J connectivity index is 1.72. The fourth-order valence-electron chi connectivity index (χ4n) is 2.91. The van der Waals surface area contributed by atoms with Crippen LogP contribution in [0.1, 0.15) is 31.8 Å². The molecule has 0 aromatic heterocycles. The number of hydrogen-bond acceptors (Lipinski definition) is 3. The Morgan fingerprint density at radius 1 is 0.900 bits per heavy atom. The van der Waals surface area contributed by atoms with E-state index in [9.17, 15) is 9.59 Å². The smallest absolute Gasteiger partial charge is 0.253 e. The fourth-order valence-corrected chi connectivity index (χ4v) is 2.91. The van der Waals surface area contributed by atoms with E-state index >= 15 is 0 Å². The molecule has 7 heteroatoms. The Hall–Kier alpha value is -3.35. The van der Waals surface area contributed by atoms with Gasteiger partial charge in [0.05, 0.1) is 0 Å². The van der Waals surface area contributed by atoms with Crippen molar-refractivity contribution in [2.45, 2.75) is 13.3 Å². The van der Waals surface area contributed by atoms with E-state index in [1.165, 1.54) is 0 Å². The number of hydrogen-bond donors (Lipinski definition) is 3. The van der Waals surface area contributed by atoms with Crippen LogP contribution in [0.4, 0.5) is 0 Å². The zero-order valence-corrected chi connectivity index (χ0v) is 18.2. The number of aliphatic imine (C=N–C) groups is 1. The molecule has 0 aliphatic heterocycles. The third-order valence-electron chi connectivity index (χ3n) is 4.49. The summed E-state index contributed by atoms with van der Waals surface area (Å²) in [7, 11) is 5.20. The van der Waals surface area contributed by atoms with Crippen LogP contribution in [0.3, 0.4) is 0 Å². The van der Waals surface area contributed by atoms with Crippen molar-refractivity contribution in [1.82, 2.24) is 20.9 Å². The van der Waals surface area contributed by atoms with Crippen molar-refractivity contribution in [2.75, 3.05) is 40.8 Å². The van der Waals surface area contributed by atoms with Gasteiger partial charge in [-0.05, 0) is 43.2 Å². The molecule has 0 unspecified atom stereocenters. The molecule has 2 aromatic rings. The molecule has 0 atom stereocenters. The van der Waals surface area contributed by atoms with Crippen molar-refractivity contribution >= 4 is 17.8 Å². The van der Waals surface area contributed by atoms with E-state index in [4.69, 9.17) is 0 Å². The van der Waals surface area contributed by atoms with Gasteiger partial charge in [-0.2, -0.15) is 0 Å². The molecule has 0 fully saturated rings. The van der Waals surface area contributed by atoms with Crippen LogP contribution in [0.15, 0.2) is 53.5 Å². The maximum absolute atomic E-state index is 12.1. The highest BCUT2D eigenvalue weighted by Crippen LogP contribution is 2.07. The summed E-state index contributed by atoms with van der Waals surface area (Å²) >= 11 is 0. The average molecular weight is 410 g/mol. The SMILES string of the molecule is CN=C(NCCNC(=O)c1cccc(C)c1)NCCc1cccc(C(=O)N(C)C)c1. The van der Waals surface area contributed by atoms with Crippen LogP contribution in [0.2, 0.25) is 0 Å². The third kappa shape index (κ3) is 7.24. The van der Waals surface area contributed by atoms with Gasteiger partial charge in [-0.15, -0.1) is 0 Å². The molecule has 0 aliphatic carbocycles. The molecule has 0 radical (unpaired) electrons. The number of benzene rings is 2. The minimum Gasteiger partial charge on any atom is -0.356 e. The molecule has 0 spiro atoms. The van der Waals surface area contributed by atoms with Crippen LogP contribution < -0.4 is 16.0 Å². The molecule has 3 N–H and O–H groups in total. The van der Waals surface area contributed by atoms with Crippen LogP contribution in [0, 0.1) is 6.92 Å². The number of carbonyl (C=O) groups is 2. The predicted octanol–water partition coefficient (Wildman–Crippen LogP) is 1.83. The quantitative estimate of drug-likeness (QED) is 0.353. The first-order chi connectivity index (χ1) is 14.4. The van der Waals surface area contributed by atoms with Crippen LogP contribution in [-0.4, -0.2) is 63.5 Å². The van der Waals surface area contributed by atoms with Gasteiger partial charge in [-0.25, -0.2) is 0 Å². The van der Waals surface area contributed by atoms with E-state index in [1.54, 1.807) is 32.1 Å². The van der Waals surface area contributed by atoms with Gasteiger partial charge < -0.3 is 20.9 Å². The molecule has 160 valence electrons. The monoisotopic (exact) mass is 409 g/mol. The Kier molecular flexibility index (Phi) is 8.87.